The number of halogens is 1. The predicted octanol–water partition coefficient (Wildman–Crippen LogP) is 1.52. The molecule has 2 unspecified atom stereocenters. The van der Waals surface area contributed by atoms with Crippen LogP contribution in [-0.4, -0.2) is 34.6 Å². The van der Waals surface area contributed by atoms with Crippen molar-refractivity contribution in [2.75, 3.05) is 11.4 Å². The number of hydrogen-bond acceptors (Lipinski definition) is 4. The Labute approximate surface area is 121 Å². The summed E-state index contributed by atoms with van der Waals surface area (Å²) in [6.45, 7) is 2.46. The molecule has 1 amide bonds. The zero-order valence-electron chi connectivity index (χ0n) is 11.0. The van der Waals surface area contributed by atoms with Crippen LogP contribution in [-0.2, 0) is 4.79 Å². The van der Waals surface area contributed by atoms with Gasteiger partial charge < -0.3 is 15.7 Å². The van der Waals surface area contributed by atoms with Gasteiger partial charge in [0.25, 0.3) is 0 Å². The van der Waals surface area contributed by atoms with Crippen molar-refractivity contribution in [1.82, 2.24) is 4.98 Å². The standard InChI is InChI=1S/C13H16ClN3O3/c1-7-2-3-8(12(15)18)6-17(7)11-4-9(13(19)20)10(14)5-16-11/h4-5,7-8H,2-3,6H2,1H3,(H2,15,18)(H,19,20). The normalized spacial score (nSPS) is 22.6. The molecule has 1 aliphatic rings. The summed E-state index contributed by atoms with van der Waals surface area (Å²) in [7, 11) is 0. The largest absolute Gasteiger partial charge is 0.478 e. The van der Waals surface area contributed by atoms with Crippen molar-refractivity contribution in [2.45, 2.75) is 25.8 Å². The van der Waals surface area contributed by atoms with Gasteiger partial charge in [-0.1, -0.05) is 11.6 Å². The molecule has 0 aromatic carbocycles. The van der Waals surface area contributed by atoms with Crippen molar-refractivity contribution in [3.05, 3.63) is 22.8 Å². The molecule has 0 radical (unpaired) electrons. The Morgan fingerprint density at radius 3 is 2.80 bits per heavy atom. The van der Waals surface area contributed by atoms with E-state index in [1.807, 2.05) is 11.8 Å². The van der Waals surface area contributed by atoms with Gasteiger partial charge >= 0.3 is 5.97 Å². The third kappa shape index (κ3) is 2.85. The Balaban J connectivity index is 2.31. The lowest BCUT2D eigenvalue weighted by molar-refractivity contribution is -0.122. The van der Waals surface area contributed by atoms with Gasteiger partial charge in [-0.15, -0.1) is 0 Å². The predicted molar refractivity (Wildman–Crippen MR) is 74.9 cm³/mol. The Kier molecular flexibility index (Phi) is 4.13. The van der Waals surface area contributed by atoms with Crippen LogP contribution in [0.3, 0.4) is 0 Å². The Bertz CT molecular complexity index is 550. The molecular weight excluding hydrogens is 282 g/mol. The van der Waals surface area contributed by atoms with Crippen LogP contribution in [0, 0.1) is 5.92 Å². The second-order valence-electron chi connectivity index (χ2n) is 5.01. The number of carbonyl (C=O) groups excluding carboxylic acids is 1. The van der Waals surface area contributed by atoms with Crippen LogP contribution in [0.15, 0.2) is 12.3 Å². The van der Waals surface area contributed by atoms with E-state index in [0.29, 0.717) is 12.4 Å². The van der Waals surface area contributed by atoms with Crippen LogP contribution in [0.2, 0.25) is 5.02 Å². The van der Waals surface area contributed by atoms with E-state index < -0.39 is 5.97 Å². The van der Waals surface area contributed by atoms with E-state index in [1.165, 1.54) is 12.3 Å². The number of piperidine rings is 1. The van der Waals surface area contributed by atoms with Gasteiger partial charge in [0.2, 0.25) is 5.91 Å². The summed E-state index contributed by atoms with van der Waals surface area (Å²) >= 11 is 5.81. The monoisotopic (exact) mass is 297 g/mol. The molecule has 1 aromatic heterocycles. The second-order valence-corrected chi connectivity index (χ2v) is 5.41. The van der Waals surface area contributed by atoms with E-state index in [0.717, 1.165) is 12.8 Å². The minimum absolute atomic E-state index is 0.00469. The summed E-state index contributed by atoms with van der Waals surface area (Å²) in [4.78, 5) is 28.5. The molecule has 1 aliphatic heterocycles. The van der Waals surface area contributed by atoms with E-state index in [-0.39, 0.29) is 28.5 Å². The number of hydrogen-bond donors (Lipinski definition) is 2. The molecule has 0 aliphatic carbocycles. The zero-order chi connectivity index (χ0) is 14.9. The van der Waals surface area contributed by atoms with Crippen molar-refractivity contribution in [3.63, 3.8) is 0 Å². The average Bonchev–Trinajstić information content (AvgIpc) is 2.39. The first-order valence-corrected chi connectivity index (χ1v) is 6.72. The molecule has 6 nitrogen and oxygen atoms in total. The lowest BCUT2D eigenvalue weighted by Gasteiger charge is -2.37. The lowest BCUT2D eigenvalue weighted by atomic mass is 9.93. The van der Waals surface area contributed by atoms with E-state index in [9.17, 15) is 9.59 Å². The first-order valence-electron chi connectivity index (χ1n) is 6.35. The van der Waals surface area contributed by atoms with Gasteiger partial charge in [-0.3, -0.25) is 4.79 Å². The summed E-state index contributed by atoms with van der Waals surface area (Å²) in [6.07, 6.45) is 2.87. The molecule has 3 N–H and O–H groups in total. The number of primary amides is 1. The van der Waals surface area contributed by atoms with Crippen LogP contribution in [0.25, 0.3) is 0 Å². The minimum Gasteiger partial charge on any atom is -0.478 e. The van der Waals surface area contributed by atoms with Crippen LogP contribution in [0.4, 0.5) is 5.82 Å². The van der Waals surface area contributed by atoms with Crippen molar-refractivity contribution in [2.24, 2.45) is 11.7 Å². The maximum absolute atomic E-state index is 11.3. The number of nitrogens with two attached hydrogens (primary N) is 1. The Morgan fingerprint density at radius 1 is 1.50 bits per heavy atom. The third-order valence-corrected chi connectivity index (χ3v) is 3.95. The van der Waals surface area contributed by atoms with Crippen molar-refractivity contribution >= 4 is 29.3 Å². The van der Waals surface area contributed by atoms with Gasteiger partial charge in [0.15, 0.2) is 0 Å². The summed E-state index contributed by atoms with van der Waals surface area (Å²) in [6, 6.07) is 1.60. The molecule has 2 heterocycles. The molecule has 0 saturated carbocycles. The number of pyridine rings is 1. The maximum atomic E-state index is 11.3. The topological polar surface area (TPSA) is 96.5 Å². The van der Waals surface area contributed by atoms with Crippen LogP contribution >= 0.6 is 11.6 Å². The molecule has 1 fully saturated rings. The van der Waals surface area contributed by atoms with Gasteiger partial charge in [0, 0.05) is 18.8 Å². The van der Waals surface area contributed by atoms with Crippen LogP contribution < -0.4 is 10.6 Å². The van der Waals surface area contributed by atoms with E-state index in [4.69, 9.17) is 22.4 Å². The van der Waals surface area contributed by atoms with Gasteiger partial charge in [0.1, 0.15) is 5.82 Å². The number of anilines is 1. The van der Waals surface area contributed by atoms with Gasteiger partial charge in [-0.2, -0.15) is 0 Å². The molecule has 0 spiro atoms. The number of aromatic carboxylic acids is 1. The molecule has 0 bridgehead atoms. The Morgan fingerprint density at radius 2 is 2.20 bits per heavy atom. The highest BCUT2D eigenvalue weighted by atomic mass is 35.5. The lowest BCUT2D eigenvalue weighted by Crippen LogP contribution is -2.46. The van der Waals surface area contributed by atoms with Crippen molar-refractivity contribution in [3.8, 4) is 0 Å². The van der Waals surface area contributed by atoms with Crippen molar-refractivity contribution < 1.29 is 14.7 Å². The second kappa shape index (κ2) is 5.66. The molecule has 108 valence electrons. The number of amides is 1. The number of carbonyl (C=O) groups is 2. The molecule has 20 heavy (non-hydrogen) atoms. The van der Waals surface area contributed by atoms with E-state index in [1.54, 1.807) is 0 Å². The van der Waals surface area contributed by atoms with Crippen molar-refractivity contribution in [1.29, 1.82) is 0 Å². The highest BCUT2D eigenvalue weighted by Gasteiger charge is 2.30. The first-order chi connectivity index (χ1) is 9.40. The minimum atomic E-state index is -1.10. The first kappa shape index (κ1) is 14.6. The molecular formula is C13H16ClN3O3. The summed E-state index contributed by atoms with van der Waals surface area (Å²) in [5, 5.41) is 9.18. The summed E-state index contributed by atoms with van der Waals surface area (Å²) in [5.74, 6) is -1.17. The highest BCUT2D eigenvalue weighted by Crippen LogP contribution is 2.28. The van der Waals surface area contributed by atoms with E-state index >= 15 is 0 Å². The molecule has 2 atom stereocenters. The number of carboxylic acids is 1. The SMILES string of the molecule is CC1CCC(C(N)=O)CN1c1cc(C(=O)O)c(Cl)cn1. The van der Waals surface area contributed by atoms with Gasteiger partial charge in [-0.05, 0) is 25.8 Å². The third-order valence-electron chi connectivity index (χ3n) is 3.65. The van der Waals surface area contributed by atoms with Gasteiger partial charge in [0.05, 0.1) is 16.5 Å². The maximum Gasteiger partial charge on any atom is 0.337 e. The average molecular weight is 298 g/mol. The van der Waals surface area contributed by atoms with E-state index in [2.05, 4.69) is 4.98 Å². The number of nitrogens with zero attached hydrogens (tertiary/aromatic N) is 2. The smallest absolute Gasteiger partial charge is 0.337 e. The van der Waals surface area contributed by atoms with Gasteiger partial charge in [-0.25, -0.2) is 9.78 Å². The zero-order valence-corrected chi connectivity index (χ0v) is 11.8. The fraction of sp³-hybridized carbons (Fsp3) is 0.462. The number of carboxylic acid groups (broad SMARTS) is 1. The molecule has 1 aromatic rings. The number of aromatic nitrogens is 1. The van der Waals surface area contributed by atoms with Crippen LogP contribution in [0.5, 0.6) is 0 Å². The highest BCUT2D eigenvalue weighted by molar-refractivity contribution is 6.33. The summed E-state index contributed by atoms with van der Waals surface area (Å²) < 4.78 is 0. The molecule has 7 heteroatoms. The fourth-order valence-corrected chi connectivity index (χ4v) is 2.59. The fourth-order valence-electron chi connectivity index (χ4n) is 2.41. The quantitative estimate of drug-likeness (QED) is 0.882. The summed E-state index contributed by atoms with van der Waals surface area (Å²) in [5.41, 5.74) is 5.36. The molecule has 2 rings (SSSR count). The number of rotatable bonds is 3. The van der Waals surface area contributed by atoms with Crippen LogP contribution in [0.1, 0.15) is 30.1 Å². The molecule has 1 saturated heterocycles. The Hall–Kier alpha value is -1.82.